The minimum absolute atomic E-state index is 0.128. The first-order valence-corrected chi connectivity index (χ1v) is 6.96. The zero-order valence-electron chi connectivity index (χ0n) is 12.7. The van der Waals surface area contributed by atoms with Crippen molar-refractivity contribution >= 4 is 11.7 Å². The van der Waals surface area contributed by atoms with E-state index < -0.39 is 29.2 Å². The minimum atomic E-state index is -1.64. The van der Waals surface area contributed by atoms with Crippen LogP contribution in [-0.2, 0) is 0 Å². The third-order valence-electron chi connectivity index (χ3n) is 3.00. The Balaban J connectivity index is 1.76. The number of urea groups is 1. The van der Waals surface area contributed by atoms with Gasteiger partial charge in [-0.1, -0.05) is 0 Å². The predicted octanol–water partition coefficient (Wildman–Crippen LogP) is 3.31. The molecular weight excluding hydrogens is 325 g/mol. The fourth-order valence-corrected chi connectivity index (χ4v) is 1.79. The first-order chi connectivity index (χ1) is 11.5. The number of ether oxygens (including phenoxy) is 2. The number of hydrogen-bond acceptors (Lipinski definition) is 3. The molecule has 2 amide bonds. The molecule has 0 bridgehead atoms. The second-order valence-corrected chi connectivity index (χ2v) is 4.63. The molecule has 24 heavy (non-hydrogen) atoms. The van der Waals surface area contributed by atoms with Crippen LogP contribution in [-0.4, -0.2) is 26.3 Å². The van der Waals surface area contributed by atoms with E-state index in [4.69, 9.17) is 9.47 Å². The van der Waals surface area contributed by atoms with Crippen LogP contribution in [0.2, 0.25) is 0 Å². The lowest BCUT2D eigenvalue weighted by Crippen LogP contribution is -2.32. The molecule has 0 radical (unpaired) electrons. The second kappa shape index (κ2) is 8.09. The second-order valence-electron chi connectivity index (χ2n) is 4.63. The van der Waals surface area contributed by atoms with Crippen molar-refractivity contribution in [2.45, 2.75) is 0 Å². The molecule has 0 heterocycles. The molecular formula is C16H15F3N2O3. The summed E-state index contributed by atoms with van der Waals surface area (Å²) in [6.45, 7) is 0.295. The lowest BCUT2D eigenvalue weighted by atomic mass is 10.3. The Bertz CT molecular complexity index is 708. The van der Waals surface area contributed by atoms with Crippen molar-refractivity contribution in [3.63, 3.8) is 0 Å². The van der Waals surface area contributed by atoms with Crippen molar-refractivity contribution in [2.75, 3.05) is 25.6 Å². The first-order valence-electron chi connectivity index (χ1n) is 6.96. The summed E-state index contributed by atoms with van der Waals surface area (Å²) in [6.07, 6.45) is 0. The van der Waals surface area contributed by atoms with Crippen molar-refractivity contribution in [2.24, 2.45) is 0 Å². The molecule has 2 aromatic rings. The molecule has 0 aliphatic heterocycles. The van der Waals surface area contributed by atoms with Crippen molar-refractivity contribution in [3.8, 4) is 11.5 Å². The van der Waals surface area contributed by atoms with Crippen molar-refractivity contribution in [1.29, 1.82) is 0 Å². The number of benzene rings is 2. The van der Waals surface area contributed by atoms with E-state index in [9.17, 15) is 18.0 Å². The lowest BCUT2D eigenvalue weighted by molar-refractivity contribution is 0.247. The molecule has 0 fully saturated rings. The molecule has 8 heteroatoms. The maximum atomic E-state index is 13.4. The molecule has 2 rings (SSSR count). The van der Waals surface area contributed by atoms with Gasteiger partial charge in [-0.15, -0.1) is 0 Å². The summed E-state index contributed by atoms with van der Waals surface area (Å²) in [5.74, 6) is -3.15. The van der Waals surface area contributed by atoms with Crippen LogP contribution in [0.15, 0.2) is 36.4 Å². The highest BCUT2D eigenvalue weighted by Gasteiger charge is 2.14. The van der Waals surface area contributed by atoms with Gasteiger partial charge in [0.05, 0.1) is 19.3 Å². The highest BCUT2D eigenvalue weighted by molar-refractivity contribution is 5.89. The Hall–Kier alpha value is -2.90. The predicted molar refractivity (Wildman–Crippen MR) is 81.8 cm³/mol. The van der Waals surface area contributed by atoms with Crippen LogP contribution in [0.25, 0.3) is 0 Å². The molecule has 5 nitrogen and oxygen atoms in total. The summed E-state index contributed by atoms with van der Waals surface area (Å²) in [5.41, 5.74) is -0.456. The smallest absolute Gasteiger partial charge is 0.319 e. The average molecular weight is 340 g/mol. The van der Waals surface area contributed by atoms with E-state index >= 15 is 0 Å². The SMILES string of the molecule is COc1ccc(OCCNC(=O)Nc2ccc(F)c(F)c2F)cc1. The van der Waals surface area contributed by atoms with Gasteiger partial charge < -0.3 is 20.1 Å². The highest BCUT2D eigenvalue weighted by Crippen LogP contribution is 2.19. The molecule has 0 spiro atoms. The van der Waals surface area contributed by atoms with E-state index in [1.54, 1.807) is 31.4 Å². The monoisotopic (exact) mass is 340 g/mol. The van der Waals surface area contributed by atoms with E-state index in [2.05, 4.69) is 10.6 Å². The van der Waals surface area contributed by atoms with Crippen molar-refractivity contribution in [1.82, 2.24) is 5.32 Å². The van der Waals surface area contributed by atoms with Gasteiger partial charge in [-0.25, -0.2) is 18.0 Å². The van der Waals surface area contributed by atoms with E-state index in [1.165, 1.54) is 0 Å². The molecule has 0 aliphatic carbocycles. The molecule has 0 unspecified atom stereocenters. The molecule has 0 saturated heterocycles. The summed E-state index contributed by atoms with van der Waals surface area (Å²) in [5, 5.41) is 4.49. The van der Waals surface area contributed by atoms with Crippen LogP contribution in [0, 0.1) is 17.5 Å². The number of anilines is 1. The topological polar surface area (TPSA) is 59.6 Å². The van der Waals surface area contributed by atoms with E-state index in [1.807, 2.05) is 0 Å². The van der Waals surface area contributed by atoms with Crippen LogP contribution in [0.5, 0.6) is 11.5 Å². The molecule has 0 atom stereocenters. The normalized spacial score (nSPS) is 10.2. The van der Waals surface area contributed by atoms with Crippen molar-refractivity contribution < 1.29 is 27.4 Å². The van der Waals surface area contributed by atoms with E-state index in [0.717, 1.165) is 12.1 Å². The van der Waals surface area contributed by atoms with Gasteiger partial charge in [0.15, 0.2) is 17.5 Å². The third-order valence-corrected chi connectivity index (χ3v) is 3.00. The lowest BCUT2D eigenvalue weighted by Gasteiger charge is -2.10. The standard InChI is InChI=1S/C16H15F3N2O3/c1-23-10-2-4-11(5-3-10)24-9-8-20-16(22)21-13-7-6-12(17)14(18)15(13)19/h2-7H,8-9H2,1H3,(H2,20,21,22). The zero-order valence-corrected chi connectivity index (χ0v) is 12.7. The summed E-state index contributed by atoms with van der Waals surface area (Å²) in [4.78, 5) is 11.6. The summed E-state index contributed by atoms with van der Waals surface area (Å²) < 4.78 is 49.6. The van der Waals surface area contributed by atoms with Gasteiger partial charge in [0.1, 0.15) is 18.1 Å². The van der Waals surface area contributed by atoms with Gasteiger partial charge in [0.2, 0.25) is 0 Å². The summed E-state index contributed by atoms with van der Waals surface area (Å²) >= 11 is 0. The number of rotatable bonds is 6. The van der Waals surface area contributed by atoms with Gasteiger partial charge in [0, 0.05) is 0 Å². The third kappa shape index (κ3) is 4.55. The molecule has 0 saturated carbocycles. The van der Waals surface area contributed by atoms with Crippen molar-refractivity contribution in [3.05, 3.63) is 53.8 Å². The zero-order chi connectivity index (χ0) is 17.5. The first kappa shape index (κ1) is 17.5. The maximum Gasteiger partial charge on any atom is 0.319 e. The number of methoxy groups -OCH3 is 1. The fraction of sp³-hybridized carbons (Fsp3) is 0.188. The summed E-state index contributed by atoms with van der Waals surface area (Å²) in [7, 11) is 1.55. The van der Waals surface area contributed by atoms with E-state index in [0.29, 0.717) is 11.5 Å². The van der Waals surface area contributed by atoms with Gasteiger partial charge in [-0.05, 0) is 36.4 Å². The van der Waals surface area contributed by atoms with Gasteiger partial charge in [0.25, 0.3) is 0 Å². The van der Waals surface area contributed by atoms with Gasteiger partial charge in [-0.2, -0.15) is 0 Å². The fourth-order valence-electron chi connectivity index (χ4n) is 1.79. The Kier molecular flexibility index (Phi) is 5.89. The van der Waals surface area contributed by atoms with Gasteiger partial charge >= 0.3 is 6.03 Å². The molecule has 0 aliphatic rings. The Morgan fingerprint density at radius 2 is 1.67 bits per heavy atom. The average Bonchev–Trinajstić information content (AvgIpc) is 2.60. The Morgan fingerprint density at radius 1 is 1.00 bits per heavy atom. The van der Waals surface area contributed by atoms with Crippen LogP contribution >= 0.6 is 0 Å². The number of nitrogens with one attached hydrogen (secondary N) is 2. The highest BCUT2D eigenvalue weighted by atomic mass is 19.2. The number of hydrogen-bond donors (Lipinski definition) is 2. The van der Waals surface area contributed by atoms with Crippen LogP contribution in [0.3, 0.4) is 0 Å². The van der Waals surface area contributed by atoms with Gasteiger partial charge in [-0.3, -0.25) is 0 Å². The van der Waals surface area contributed by atoms with Crippen LogP contribution in [0.1, 0.15) is 0 Å². The number of halogens is 3. The Labute approximate surface area is 136 Å². The Morgan fingerprint density at radius 3 is 2.33 bits per heavy atom. The maximum absolute atomic E-state index is 13.4. The number of carbonyl (C=O) groups is 1. The molecule has 0 aromatic heterocycles. The minimum Gasteiger partial charge on any atom is -0.497 e. The summed E-state index contributed by atoms with van der Waals surface area (Å²) in [6, 6.07) is 7.74. The molecule has 2 aromatic carbocycles. The molecule has 128 valence electrons. The number of carbonyl (C=O) groups excluding carboxylic acids is 1. The van der Waals surface area contributed by atoms with Crippen LogP contribution < -0.4 is 20.1 Å². The van der Waals surface area contributed by atoms with E-state index in [-0.39, 0.29) is 13.2 Å². The van der Waals surface area contributed by atoms with Crippen LogP contribution in [0.4, 0.5) is 23.7 Å². The number of amides is 2. The molecule has 2 N–H and O–H groups in total. The quantitative estimate of drug-likeness (QED) is 0.626. The largest absolute Gasteiger partial charge is 0.497 e.